The van der Waals surface area contributed by atoms with E-state index < -0.39 is 20.8 Å². The summed E-state index contributed by atoms with van der Waals surface area (Å²) >= 11 is 0. The standard InChI is InChI=1S/C15H10ClF3N2O2S/c1-9-13-8-12(24(16,22)23)6-7-14(13)21(20-9)11-4-2-10(3-5-11)15(17,18)19/h2-8H,1H3. The van der Waals surface area contributed by atoms with Crippen LogP contribution in [-0.2, 0) is 15.2 Å². The molecule has 0 saturated heterocycles. The minimum Gasteiger partial charge on any atom is -0.233 e. The third-order valence-electron chi connectivity index (χ3n) is 3.56. The van der Waals surface area contributed by atoms with Crippen LogP contribution < -0.4 is 0 Å². The monoisotopic (exact) mass is 374 g/mol. The highest BCUT2D eigenvalue weighted by Gasteiger charge is 2.30. The Hall–Kier alpha value is -2.06. The summed E-state index contributed by atoms with van der Waals surface area (Å²) in [6, 6.07) is 8.78. The maximum Gasteiger partial charge on any atom is 0.416 e. The van der Waals surface area contributed by atoms with Gasteiger partial charge in [0.25, 0.3) is 9.05 Å². The molecule has 1 aromatic heterocycles. The summed E-state index contributed by atoms with van der Waals surface area (Å²) in [5, 5.41) is 4.82. The van der Waals surface area contributed by atoms with Gasteiger partial charge in [-0.25, -0.2) is 13.1 Å². The topological polar surface area (TPSA) is 52.0 Å². The predicted molar refractivity (Wildman–Crippen MR) is 83.8 cm³/mol. The molecule has 24 heavy (non-hydrogen) atoms. The van der Waals surface area contributed by atoms with Crippen LogP contribution in [0, 0.1) is 6.92 Å². The van der Waals surface area contributed by atoms with Crippen LogP contribution in [0.25, 0.3) is 16.6 Å². The Morgan fingerprint density at radius 2 is 1.71 bits per heavy atom. The van der Waals surface area contributed by atoms with Crippen LogP contribution in [0.3, 0.4) is 0 Å². The Kier molecular flexibility index (Phi) is 3.84. The van der Waals surface area contributed by atoms with Gasteiger partial charge in [0.2, 0.25) is 0 Å². The highest BCUT2D eigenvalue weighted by Crippen LogP contribution is 2.31. The Labute approximate surface area is 139 Å². The van der Waals surface area contributed by atoms with E-state index in [-0.39, 0.29) is 4.90 Å². The Bertz CT molecular complexity index is 1030. The number of fused-ring (bicyclic) bond motifs is 1. The lowest BCUT2D eigenvalue weighted by Crippen LogP contribution is -2.05. The molecule has 3 aromatic rings. The van der Waals surface area contributed by atoms with E-state index >= 15 is 0 Å². The van der Waals surface area contributed by atoms with Crippen LogP contribution >= 0.6 is 10.7 Å². The smallest absolute Gasteiger partial charge is 0.233 e. The molecule has 1 heterocycles. The molecule has 126 valence electrons. The van der Waals surface area contributed by atoms with Gasteiger partial charge in [-0.2, -0.15) is 18.3 Å². The van der Waals surface area contributed by atoms with E-state index in [2.05, 4.69) is 5.10 Å². The summed E-state index contributed by atoms with van der Waals surface area (Å²) < 4.78 is 62.2. The molecular formula is C15H10ClF3N2O2S. The highest BCUT2D eigenvalue weighted by atomic mass is 35.7. The SMILES string of the molecule is Cc1nn(-c2ccc(C(F)(F)F)cc2)c2ccc(S(=O)(=O)Cl)cc12. The first-order valence-electron chi connectivity index (χ1n) is 6.69. The number of alkyl halides is 3. The van der Waals surface area contributed by atoms with E-state index in [9.17, 15) is 21.6 Å². The van der Waals surface area contributed by atoms with E-state index in [0.717, 1.165) is 12.1 Å². The van der Waals surface area contributed by atoms with Crippen molar-refractivity contribution in [2.75, 3.05) is 0 Å². The van der Waals surface area contributed by atoms with Crippen molar-refractivity contribution >= 4 is 30.6 Å². The molecule has 2 aromatic carbocycles. The third-order valence-corrected chi connectivity index (χ3v) is 4.91. The zero-order chi connectivity index (χ0) is 17.7. The molecule has 0 radical (unpaired) electrons. The molecule has 0 aliphatic heterocycles. The molecule has 0 saturated carbocycles. The van der Waals surface area contributed by atoms with Gasteiger partial charge in [-0.15, -0.1) is 0 Å². The Morgan fingerprint density at radius 3 is 2.25 bits per heavy atom. The number of halogens is 4. The minimum absolute atomic E-state index is 0.0632. The lowest BCUT2D eigenvalue weighted by atomic mass is 10.2. The van der Waals surface area contributed by atoms with Crippen LogP contribution in [0.2, 0.25) is 0 Å². The average Bonchev–Trinajstić information content (AvgIpc) is 2.82. The molecule has 0 atom stereocenters. The highest BCUT2D eigenvalue weighted by molar-refractivity contribution is 8.13. The van der Waals surface area contributed by atoms with Crippen LogP contribution in [0.1, 0.15) is 11.3 Å². The van der Waals surface area contributed by atoms with Crippen molar-refractivity contribution in [1.29, 1.82) is 0 Å². The molecule has 0 unspecified atom stereocenters. The number of hydrogen-bond acceptors (Lipinski definition) is 3. The first kappa shape index (κ1) is 16.8. The molecule has 9 heteroatoms. The normalized spacial score (nSPS) is 12.7. The van der Waals surface area contributed by atoms with Crippen LogP contribution in [0.15, 0.2) is 47.4 Å². The number of hydrogen-bond donors (Lipinski definition) is 0. The maximum atomic E-state index is 12.6. The number of aromatic nitrogens is 2. The Morgan fingerprint density at radius 1 is 1.08 bits per heavy atom. The van der Waals surface area contributed by atoms with Crippen molar-refractivity contribution in [2.45, 2.75) is 18.0 Å². The summed E-state index contributed by atoms with van der Waals surface area (Å²) in [5.41, 5.74) is 0.779. The summed E-state index contributed by atoms with van der Waals surface area (Å²) in [4.78, 5) is -0.0632. The summed E-state index contributed by atoms with van der Waals surface area (Å²) in [5.74, 6) is 0. The second-order valence-corrected chi connectivity index (χ2v) is 7.72. The average molecular weight is 375 g/mol. The Balaban J connectivity index is 2.14. The number of rotatable bonds is 2. The fourth-order valence-electron chi connectivity index (χ4n) is 2.39. The van der Waals surface area contributed by atoms with E-state index in [0.29, 0.717) is 22.3 Å². The van der Waals surface area contributed by atoms with E-state index in [1.165, 1.54) is 35.0 Å². The van der Waals surface area contributed by atoms with Crippen molar-refractivity contribution in [3.8, 4) is 5.69 Å². The van der Waals surface area contributed by atoms with Gasteiger partial charge in [0.15, 0.2) is 0 Å². The lowest BCUT2D eigenvalue weighted by Gasteiger charge is -2.08. The van der Waals surface area contributed by atoms with Crippen molar-refractivity contribution in [3.05, 3.63) is 53.7 Å². The van der Waals surface area contributed by atoms with Gasteiger partial charge in [-0.1, -0.05) is 0 Å². The largest absolute Gasteiger partial charge is 0.416 e. The van der Waals surface area contributed by atoms with Gasteiger partial charge >= 0.3 is 6.18 Å². The molecule has 0 N–H and O–H groups in total. The first-order valence-corrected chi connectivity index (χ1v) is 9.00. The fourth-order valence-corrected chi connectivity index (χ4v) is 3.16. The molecule has 0 fully saturated rings. The summed E-state index contributed by atoms with van der Waals surface area (Å²) in [6.45, 7) is 1.67. The zero-order valence-corrected chi connectivity index (χ0v) is 13.7. The van der Waals surface area contributed by atoms with Crippen LogP contribution in [-0.4, -0.2) is 18.2 Å². The van der Waals surface area contributed by atoms with Gasteiger partial charge < -0.3 is 0 Å². The van der Waals surface area contributed by atoms with Gasteiger partial charge in [-0.3, -0.25) is 0 Å². The molecule has 4 nitrogen and oxygen atoms in total. The second kappa shape index (κ2) is 5.49. The van der Waals surface area contributed by atoms with Gasteiger partial charge in [0, 0.05) is 16.1 Å². The number of aryl methyl sites for hydroxylation is 1. The van der Waals surface area contributed by atoms with Gasteiger partial charge in [-0.05, 0) is 49.4 Å². The van der Waals surface area contributed by atoms with Crippen molar-refractivity contribution < 1.29 is 21.6 Å². The molecule has 0 aliphatic rings. The van der Waals surface area contributed by atoms with E-state index in [1.807, 2.05) is 0 Å². The first-order chi connectivity index (χ1) is 11.1. The minimum atomic E-state index is -4.41. The van der Waals surface area contributed by atoms with Crippen molar-refractivity contribution in [1.82, 2.24) is 9.78 Å². The maximum absolute atomic E-state index is 12.6. The summed E-state index contributed by atoms with van der Waals surface area (Å²) in [7, 11) is 1.46. The molecule has 0 bridgehead atoms. The quantitative estimate of drug-likeness (QED) is 0.629. The molecule has 0 aliphatic carbocycles. The van der Waals surface area contributed by atoms with Crippen molar-refractivity contribution in [3.63, 3.8) is 0 Å². The second-order valence-electron chi connectivity index (χ2n) is 5.16. The van der Waals surface area contributed by atoms with Gasteiger partial charge in [0.05, 0.1) is 27.4 Å². The van der Waals surface area contributed by atoms with E-state index in [1.54, 1.807) is 6.92 Å². The molecule has 3 rings (SSSR count). The predicted octanol–water partition coefficient (Wildman–Crippen LogP) is 4.28. The van der Waals surface area contributed by atoms with Crippen molar-refractivity contribution in [2.24, 2.45) is 0 Å². The van der Waals surface area contributed by atoms with Crippen LogP contribution in [0.5, 0.6) is 0 Å². The van der Waals surface area contributed by atoms with E-state index in [4.69, 9.17) is 10.7 Å². The molecule has 0 amide bonds. The lowest BCUT2D eigenvalue weighted by molar-refractivity contribution is -0.137. The third kappa shape index (κ3) is 2.99. The van der Waals surface area contributed by atoms with Crippen LogP contribution in [0.4, 0.5) is 13.2 Å². The zero-order valence-electron chi connectivity index (χ0n) is 12.2. The molecular weight excluding hydrogens is 365 g/mol. The number of nitrogens with zero attached hydrogens (tertiary/aromatic N) is 2. The summed E-state index contributed by atoms with van der Waals surface area (Å²) in [6.07, 6.45) is -4.41. The number of benzene rings is 2. The van der Waals surface area contributed by atoms with Gasteiger partial charge in [0.1, 0.15) is 0 Å². The fraction of sp³-hybridized carbons (Fsp3) is 0.133. The molecule has 0 spiro atoms.